The van der Waals surface area contributed by atoms with Gasteiger partial charge in [-0.3, -0.25) is 9.36 Å². The van der Waals surface area contributed by atoms with Crippen molar-refractivity contribution in [3.05, 3.63) is 86.8 Å². The zero-order valence-electron chi connectivity index (χ0n) is 17.2. The number of hydrogen-bond donors (Lipinski definition) is 0. The van der Waals surface area contributed by atoms with Crippen molar-refractivity contribution in [2.75, 3.05) is 0 Å². The van der Waals surface area contributed by atoms with Crippen LogP contribution in [0.15, 0.2) is 58.7 Å². The lowest BCUT2D eigenvalue weighted by Gasteiger charge is -2.13. The number of fused-ring (bicyclic) bond motifs is 1. The number of rotatable bonds is 6. The fraction of sp³-hybridized carbons (Fsp3) is 0.240. The SMILES string of the molecule is Cc1ccc(-c2csc3nc(Cc4ccccc4)n(CCCC#N)c(=O)c23)c(C)c1. The summed E-state index contributed by atoms with van der Waals surface area (Å²) in [5.41, 5.74) is 5.48. The molecule has 0 N–H and O–H groups in total. The van der Waals surface area contributed by atoms with Crippen LogP contribution < -0.4 is 5.56 Å². The van der Waals surface area contributed by atoms with Crippen LogP contribution in [0.2, 0.25) is 0 Å². The zero-order valence-corrected chi connectivity index (χ0v) is 18.0. The molecular weight excluding hydrogens is 390 g/mol. The molecule has 2 heterocycles. The maximum absolute atomic E-state index is 13.6. The van der Waals surface area contributed by atoms with Crippen LogP contribution >= 0.6 is 11.3 Å². The van der Waals surface area contributed by atoms with Crippen molar-refractivity contribution in [2.45, 2.75) is 39.7 Å². The first-order valence-corrected chi connectivity index (χ1v) is 11.0. The first-order valence-electron chi connectivity index (χ1n) is 10.1. The van der Waals surface area contributed by atoms with Gasteiger partial charge in [-0.05, 0) is 37.0 Å². The molecule has 0 aliphatic carbocycles. The Labute approximate surface area is 180 Å². The van der Waals surface area contributed by atoms with Crippen molar-refractivity contribution >= 4 is 21.6 Å². The minimum absolute atomic E-state index is 0.0138. The molecule has 0 saturated heterocycles. The Morgan fingerprint density at radius 2 is 1.90 bits per heavy atom. The summed E-state index contributed by atoms with van der Waals surface area (Å²) < 4.78 is 1.77. The number of hydrogen-bond acceptors (Lipinski definition) is 4. The normalized spacial score (nSPS) is 11.0. The zero-order chi connectivity index (χ0) is 21.1. The summed E-state index contributed by atoms with van der Waals surface area (Å²) >= 11 is 1.52. The van der Waals surface area contributed by atoms with Crippen LogP contribution in [0.25, 0.3) is 21.3 Å². The van der Waals surface area contributed by atoms with E-state index in [1.807, 2.05) is 35.7 Å². The molecule has 0 atom stereocenters. The predicted molar refractivity (Wildman–Crippen MR) is 123 cm³/mol. The minimum atomic E-state index is -0.0138. The lowest BCUT2D eigenvalue weighted by atomic mass is 9.99. The van der Waals surface area contributed by atoms with Gasteiger partial charge >= 0.3 is 0 Å². The molecule has 2 aromatic heterocycles. The van der Waals surface area contributed by atoms with Gasteiger partial charge in [-0.15, -0.1) is 11.3 Å². The van der Waals surface area contributed by atoms with E-state index in [2.05, 4.69) is 38.1 Å². The lowest BCUT2D eigenvalue weighted by Crippen LogP contribution is -2.25. The lowest BCUT2D eigenvalue weighted by molar-refractivity contribution is 0.598. The highest BCUT2D eigenvalue weighted by molar-refractivity contribution is 7.17. The second-order valence-corrected chi connectivity index (χ2v) is 8.41. The second kappa shape index (κ2) is 8.64. The molecule has 0 saturated carbocycles. The molecule has 2 aromatic carbocycles. The fourth-order valence-electron chi connectivity index (χ4n) is 3.84. The predicted octanol–water partition coefficient (Wildman–Crippen LogP) is 5.64. The molecule has 0 fully saturated rings. The Morgan fingerprint density at radius 1 is 1.10 bits per heavy atom. The van der Waals surface area contributed by atoms with Crippen LogP contribution in [0.1, 0.15) is 35.4 Å². The molecule has 4 rings (SSSR count). The first-order chi connectivity index (χ1) is 14.6. The van der Waals surface area contributed by atoms with Gasteiger partial charge in [0.2, 0.25) is 0 Å². The van der Waals surface area contributed by atoms with Crippen molar-refractivity contribution in [1.82, 2.24) is 9.55 Å². The number of nitriles is 1. The van der Waals surface area contributed by atoms with E-state index >= 15 is 0 Å². The van der Waals surface area contributed by atoms with Crippen LogP contribution in [0.4, 0.5) is 0 Å². The Kier molecular flexibility index (Phi) is 5.78. The van der Waals surface area contributed by atoms with E-state index < -0.39 is 0 Å². The van der Waals surface area contributed by atoms with Crippen LogP contribution in [0.3, 0.4) is 0 Å². The third-order valence-corrected chi connectivity index (χ3v) is 6.19. The summed E-state index contributed by atoms with van der Waals surface area (Å²) in [6, 6.07) is 18.5. The minimum Gasteiger partial charge on any atom is -0.296 e. The van der Waals surface area contributed by atoms with Crippen molar-refractivity contribution in [2.24, 2.45) is 0 Å². The third kappa shape index (κ3) is 3.92. The Hall–Kier alpha value is -3.23. The Balaban J connectivity index is 1.88. The van der Waals surface area contributed by atoms with E-state index in [-0.39, 0.29) is 5.56 Å². The van der Waals surface area contributed by atoms with E-state index in [0.717, 1.165) is 32.9 Å². The molecular formula is C25H23N3OS. The van der Waals surface area contributed by atoms with Crippen LogP contribution in [-0.4, -0.2) is 9.55 Å². The van der Waals surface area contributed by atoms with Gasteiger partial charge in [0, 0.05) is 30.3 Å². The van der Waals surface area contributed by atoms with E-state index in [9.17, 15) is 4.79 Å². The molecule has 0 bridgehead atoms. The molecule has 4 aromatic rings. The third-order valence-electron chi connectivity index (χ3n) is 5.32. The summed E-state index contributed by atoms with van der Waals surface area (Å²) in [7, 11) is 0. The average molecular weight is 414 g/mol. The topological polar surface area (TPSA) is 58.7 Å². The highest BCUT2D eigenvalue weighted by atomic mass is 32.1. The largest absolute Gasteiger partial charge is 0.296 e. The van der Waals surface area contributed by atoms with Gasteiger partial charge in [-0.2, -0.15) is 5.26 Å². The molecule has 5 heteroatoms. The molecule has 0 unspecified atom stereocenters. The molecule has 0 aliphatic heterocycles. The Morgan fingerprint density at radius 3 is 2.63 bits per heavy atom. The summed E-state index contributed by atoms with van der Waals surface area (Å²) in [6.45, 7) is 4.65. The van der Waals surface area contributed by atoms with E-state index in [0.29, 0.717) is 31.2 Å². The highest BCUT2D eigenvalue weighted by Crippen LogP contribution is 2.33. The van der Waals surface area contributed by atoms with Crippen LogP contribution in [-0.2, 0) is 13.0 Å². The smallest absolute Gasteiger partial charge is 0.262 e. The molecule has 0 radical (unpaired) electrons. The maximum Gasteiger partial charge on any atom is 0.262 e. The molecule has 30 heavy (non-hydrogen) atoms. The number of aryl methyl sites for hydroxylation is 2. The quantitative estimate of drug-likeness (QED) is 0.385. The van der Waals surface area contributed by atoms with Gasteiger partial charge in [0.15, 0.2) is 0 Å². The summed E-state index contributed by atoms with van der Waals surface area (Å²) in [4.78, 5) is 19.3. The van der Waals surface area contributed by atoms with Gasteiger partial charge in [0.1, 0.15) is 10.7 Å². The number of benzene rings is 2. The standard InChI is InChI=1S/C25H23N3OS/c1-17-10-11-20(18(2)14-17)21-16-30-24-23(21)25(29)28(13-7-6-12-26)22(27-24)15-19-8-4-3-5-9-19/h3-5,8-11,14,16H,6-7,13,15H2,1-2H3. The second-order valence-electron chi connectivity index (χ2n) is 7.56. The van der Waals surface area contributed by atoms with Gasteiger partial charge < -0.3 is 0 Å². The van der Waals surface area contributed by atoms with Gasteiger partial charge in [-0.1, -0.05) is 54.1 Å². The van der Waals surface area contributed by atoms with Crippen molar-refractivity contribution in [3.63, 3.8) is 0 Å². The van der Waals surface area contributed by atoms with E-state index in [1.165, 1.54) is 16.9 Å². The summed E-state index contributed by atoms with van der Waals surface area (Å²) in [5, 5.41) is 11.7. The highest BCUT2D eigenvalue weighted by Gasteiger charge is 2.18. The van der Waals surface area contributed by atoms with E-state index in [1.54, 1.807) is 4.57 Å². The summed E-state index contributed by atoms with van der Waals surface area (Å²) in [5.74, 6) is 0.755. The number of aromatic nitrogens is 2. The fourth-order valence-corrected chi connectivity index (χ4v) is 4.79. The van der Waals surface area contributed by atoms with Gasteiger partial charge in [-0.25, -0.2) is 4.98 Å². The number of thiophene rings is 1. The van der Waals surface area contributed by atoms with Crippen molar-refractivity contribution in [1.29, 1.82) is 5.26 Å². The van der Waals surface area contributed by atoms with Crippen LogP contribution in [0, 0.1) is 25.2 Å². The summed E-state index contributed by atoms with van der Waals surface area (Å²) in [6.07, 6.45) is 1.65. The molecule has 0 aliphatic rings. The van der Waals surface area contributed by atoms with Crippen molar-refractivity contribution < 1.29 is 0 Å². The van der Waals surface area contributed by atoms with Gasteiger partial charge in [0.25, 0.3) is 5.56 Å². The molecule has 150 valence electrons. The average Bonchev–Trinajstić information content (AvgIpc) is 3.15. The van der Waals surface area contributed by atoms with Crippen molar-refractivity contribution in [3.8, 4) is 17.2 Å². The number of unbranched alkanes of at least 4 members (excludes halogenated alkanes) is 1. The van der Waals surface area contributed by atoms with Crippen LogP contribution in [0.5, 0.6) is 0 Å². The first kappa shape index (κ1) is 20.1. The molecule has 0 amide bonds. The Bertz CT molecular complexity index is 1300. The molecule has 4 nitrogen and oxygen atoms in total. The number of nitrogens with zero attached hydrogens (tertiary/aromatic N) is 3. The van der Waals surface area contributed by atoms with E-state index in [4.69, 9.17) is 10.2 Å². The molecule has 0 spiro atoms. The maximum atomic E-state index is 13.6. The monoisotopic (exact) mass is 413 g/mol. The van der Waals surface area contributed by atoms with Gasteiger partial charge in [0.05, 0.1) is 11.5 Å².